The number of nitrogens with zero attached hydrogens (tertiary/aromatic N) is 3. The number of rotatable bonds is 5. The summed E-state index contributed by atoms with van der Waals surface area (Å²) in [5.41, 5.74) is 5.60. The fourth-order valence-corrected chi connectivity index (χ4v) is 4.12. The number of halogens is 1. The summed E-state index contributed by atoms with van der Waals surface area (Å²) in [6.45, 7) is 5.97. The molecule has 0 spiro atoms. The van der Waals surface area contributed by atoms with Crippen LogP contribution in [0.5, 0.6) is 0 Å². The first kappa shape index (κ1) is 19.5. The number of aryl methyl sites for hydroxylation is 1. The summed E-state index contributed by atoms with van der Waals surface area (Å²) in [5, 5.41) is 8.34. The van der Waals surface area contributed by atoms with Crippen molar-refractivity contribution in [2.75, 3.05) is 23.3 Å². The summed E-state index contributed by atoms with van der Waals surface area (Å²) in [7, 11) is 0. The van der Waals surface area contributed by atoms with E-state index in [1.165, 1.54) is 12.8 Å². The molecule has 0 atom stereocenters. The molecule has 0 bridgehead atoms. The Morgan fingerprint density at radius 3 is 2.55 bits per heavy atom. The lowest BCUT2D eigenvalue weighted by molar-refractivity contribution is -0.115. The van der Waals surface area contributed by atoms with Gasteiger partial charge in [-0.2, -0.15) is 5.10 Å². The van der Waals surface area contributed by atoms with Crippen molar-refractivity contribution >= 4 is 28.9 Å². The molecule has 6 heteroatoms. The first-order valence-corrected chi connectivity index (χ1v) is 10.4. The monoisotopic (exact) mass is 408 g/mol. The van der Waals surface area contributed by atoms with E-state index in [1.54, 1.807) is 0 Å². The van der Waals surface area contributed by atoms with Crippen molar-refractivity contribution in [3.05, 3.63) is 70.5 Å². The summed E-state index contributed by atoms with van der Waals surface area (Å²) in [5.74, 6) is -0.0634. The number of para-hydroxylation sites is 1. The number of nitrogens with one attached hydrogen (secondary N) is 1. The third-order valence-corrected chi connectivity index (χ3v) is 5.69. The van der Waals surface area contributed by atoms with Gasteiger partial charge in [0.25, 0.3) is 0 Å². The third-order valence-electron chi connectivity index (χ3n) is 5.46. The zero-order valence-electron chi connectivity index (χ0n) is 16.8. The molecule has 1 N–H and O–H groups in total. The number of amides is 1. The SMILES string of the molecule is Cc1nn(-c2ccccc2)c(C)c1CC(=O)Nc1cc(Cl)ccc1N1CCCC1. The summed E-state index contributed by atoms with van der Waals surface area (Å²) in [6.07, 6.45) is 2.62. The lowest BCUT2D eigenvalue weighted by Crippen LogP contribution is -2.22. The Balaban J connectivity index is 1.56. The lowest BCUT2D eigenvalue weighted by atomic mass is 10.1. The zero-order chi connectivity index (χ0) is 20.4. The maximum absolute atomic E-state index is 12.9. The van der Waals surface area contributed by atoms with Crippen LogP contribution in [0.25, 0.3) is 5.69 Å². The van der Waals surface area contributed by atoms with E-state index in [0.717, 1.165) is 47.1 Å². The minimum Gasteiger partial charge on any atom is -0.370 e. The molecular formula is C23H25ClN4O. The number of aromatic nitrogens is 2. The Morgan fingerprint density at radius 1 is 1.10 bits per heavy atom. The molecule has 0 saturated carbocycles. The number of hydrogen-bond donors (Lipinski definition) is 1. The van der Waals surface area contributed by atoms with E-state index in [4.69, 9.17) is 11.6 Å². The van der Waals surface area contributed by atoms with Gasteiger partial charge in [0.05, 0.1) is 29.2 Å². The fourth-order valence-electron chi connectivity index (χ4n) is 3.95. The largest absolute Gasteiger partial charge is 0.370 e. The highest BCUT2D eigenvalue weighted by molar-refractivity contribution is 6.31. The van der Waals surface area contributed by atoms with Crippen LogP contribution in [0.4, 0.5) is 11.4 Å². The molecule has 2 aromatic carbocycles. The summed E-state index contributed by atoms with van der Waals surface area (Å²) >= 11 is 6.21. The van der Waals surface area contributed by atoms with Gasteiger partial charge < -0.3 is 10.2 Å². The van der Waals surface area contributed by atoms with Crippen LogP contribution in [0.1, 0.15) is 29.8 Å². The van der Waals surface area contributed by atoms with Gasteiger partial charge in [0.15, 0.2) is 0 Å². The standard InChI is InChI=1S/C23H25ClN4O/c1-16-20(17(2)28(26-16)19-8-4-3-5-9-19)15-23(29)25-21-14-18(24)10-11-22(21)27-12-6-7-13-27/h3-5,8-11,14H,6-7,12-13,15H2,1-2H3,(H,25,29). The average molecular weight is 409 g/mol. The van der Waals surface area contributed by atoms with E-state index >= 15 is 0 Å². The minimum absolute atomic E-state index is 0.0634. The van der Waals surface area contributed by atoms with Gasteiger partial charge in [0.1, 0.15) is 0 Å². The molecule has 1 aliphatic rings. The van der Waals surface area contributed by atoms with Crippen LogP contribution >= 0.6 is 11.6 Å². The molecular weight excluding hydrogens is 384 g/mol. The average Bonchev–Trinajstić information content (AvgIpc) is 3.33. The van der Waals surface area contributed by atoms with Gasteiger partial charge in [-0.15, -0.1) is 0 Å². The predicted octanol–water partition coefficient (Wildman–Crippen LogP) is 4.92. The third kappa shape index (κ3) is 4.15. The van der Waals surface area contributed by atoms with Crippen molar-refractivity contribution in [1.82, 2.24) is 9.78 Å². The number of hydrogen-bond acceptors (Lipinski definition) is 3. The van der Waals surface area contributed by atoms with Gasteiger partial charge >= 0.3 is 0 Å². The quantitative estimate of drug-likeness (QED) is 0.651. The molecule has 1 aromatic heterocycles. The van der Waals surface area contributed by atoms with Crippen LogP contribution in [0.3, 0.4) is 0 Å². The number of benzene rings is 2. The van der Waals surface area contributed by atoms with E-state index in [-0.39, 0.29) is 12.3 Å². The van der Waals surface area contributed by atoms with E-state index in [9.17, 15) is 4.79 Å². The van der Waals surface area contributed by atoms with E-state index in [1.807, 2.05) is 67.1 Å². The van der Waals surface area contributed by atoms with Crippen molar-refractivity contribution in [2.45, 2.75) is 33.1 Å². The predicted molar refractivity (Wildman–Crippen MR) is 118 cm³/mol. The number of carbonyl (C=O) groups excluding carboxylic acids is 1. The Hall–Kier alpha value is -2.79. The zero-order valence-corrected chi connectivity index (χ0v) is 17.5. The number of anilines is 2. The van der Waals surface area contributed by atoms with Crippen molar-refractivity contribution < 1.29 is 4.79 Å². The normalized spacial score (nSPS) is 13.7. The molecule has 5 nitrogen and oxygen atoms in total. The number of carbonyl (C=O) groups is 1. The van der Waals surface area contributed by atoms with Crippen LogP contribution in [0, 0.1) is 13.8 Å². The Kier molecular flexibility index (Phi) is 5.58. The van der Waals surface area contributed by atoms with E-state index < -0.39 is 0 Å². The van der Waals surface area contributed by atoms with Gasteiger partial charge in [-0.3, -0.25) is 4.79 Å². The molecule has 1 amide bonds. The topological polar surface area (TPSA) is 50.2 Å². The first-order chi connectivity index (χ1) is 14.0. The van der Waals surface area contributed by atoms with Crippen LogP contribution in [0.15, 0.2) is 48.5 Å². The van der Waals surface area contributed by atoms with Gasteiger partial charge in [0, 0.05) is 29.4 Å². The summed E-state index contributed by atoms with van der Waals surface area (Å²) in [4.78, 5) is 15.2. The summed E-state index contributed by atoms with van der Waals surface area (Å²) in [6, 6.07) is 15.7. The molecule has 1 fully saturated rings. The van der Waals surface area contributed by atoms with Crippen LogP contribution < -0.4 is 10.2 Å². The van der Waals surface area contributed by atoms with Gasteiger partial charge in [-0.05, 0) is 57.0 Å². The summed E-state index contributed by atoms with van der Waals surface area (Å²) < 4.78 is 1.90. The molecule has 0 radical (unpaired) electrons. The molecule has 0 aliphatic carbocycles. The van der Waals surface area contributed by atoms with Crippen molar-refractivity contribution in [1.29, 1.82) is 0 Å². The highest BCUT2D eigenvalue weighted by Gasteiger charge is 2.20. The first-order valence-electron chi connectivity index (χ1n) is 9.98. The van der Waals surface area contributed by atoms with Gasteiger partial charge in [-0.1, -0.05) is 29.8 Å². The highest BCUT2D eigenvalue weighted by atomic mass is 35.5. The minimum atomic E-state index is -0.0634. The Labute approximate surface area is 176 Å². The molecule has 0 unspecified atom stereocenters. The Bertz CT molecular complexity index is 1020. The second-order valence-electron chi connectivity index (χ2n) is 7.48. The molecule has 1 saturated heterocycles. The Morgan fingerprint density at radius 2 is 1.83 bits per heavy atom. The van der Waals surface area contributed by atoms with E-state index in [2.05, 4.69) is 15.3 Å². The van der Waals surface area contributed by atoms with Gasteiger partial charge in [0.2, 0.25) is 5.91 Å². The fraction of sp³-hybridized carbons (Fsp3) is 0.304. The van der Waals surface area contributed by atoms with Crippen LogP contribution in [0.2, 0.25) is 5.02 Å². The second-order valence-corrected chi connectivity index (χ2v) is 7.91. The molecule has 3 aromatic rings. The van der Waals surface area contributed by atoms with E-state index in [0.29, 0.717) is 5.02 Å². The van der Waals surface area contributed by atoms with Crippen LogP contribution in [-0.4, -0.2) is 28.8 Å². The van der Waals surface area contributed by atoms with Crippen LogP contribution in [-0.2, 0) is 11.2 Å². The molecule has 4 rings (SSSR count). The smallest absolute Gasteiger partial charge is 0.228 e. The molecule has 29 heavy (non-hydrogen) atoms. The molecule has 150 valence electrons. The van der Waals surface area contributed by atoms with Crippen molar-refractivity contribution in [2.24, 2.45) is 0 Å². The molecule has 1 aliphatic heterocycles. The molecule has 2 heterocycles. The van der Waals surface area contributed by atoms with Crippen molar-refractivity contribution in [3.8, 4) is 5.69 Å². The second kappa shape index (κ2) is 8.29. The lowest BCUT2D eigenvalue weighted by Gasteiger charge is -2.22. The maximum Gasteiger partial charge on any atom is 0.228 e. The maximum atomic E-state index is 12.9. The van der Waals surface area contributed by atoms with Crippen molar-refractivity contribution in [3.63, 3.8) is 0 Å². The van der Waals surface area contributed by atoms with Gasteiger partial charge in [-0.25, -0.2) is 4.68 Å². The highest BCUT2D eigenvalue weighted by Crippen LogP contribution is 2.32.